The first kappa shape index (κ1) is 14.8. The Kier molecular flexibility index (Phi) is 3.45. The minimum absolute atomic E-state index is 0.503. The van der Waals surface area contributed by atoms with Crippen LogP contribution in [0.1, 0.15) is 30.3 Å². The molecule has 6 heteroatoms. The van der Waals surface area contributed by atoms with Gasteiger partial charge in [0.15, 0.2) is 5.65 Å². The van der Waals surface area contributed by atoms with Crippen LogP contribution in [0.15, 0.2) is 30.3 Å². The second kappa shape index (κ2) is 5.81. The van der Waals surface area contributed by atoms with Crippen LogP contribution < -0.4 is 4.90 Å². The van der Waals surface area contributed by atoms with Crippen molar-refractivity contribution in [2.45, 2.75) is 25.7 Å². The second-order valence-electron chi connectivity index (χ2n) is 6.81. The van der Waals surface area contributed by atoms with Crippen molar-refractivity contribution in [3.63, 3.8) is 0 Å². The molecular formula is C19H21N5O. The van der Waals surface area contributed by atoms with Crippen molar-refractivity contribution >= 4 is 16.9 Å². The molecule has 2 aromatic heterocycles. The number of benzene rings is 1. The zero-order valence-electron chi connectivity index (χ0n) is 14.4. The van der Waals surface area contributed by atoms with Crippen molar-refractivity contribution in [1.82, 2.24) is 19.7 Å². The van der Waals surface area contributed by atoms with Crippen LogP contribution in [0.2, 0.25) is 0 Å². The van der Waals surface area contributed by atoms with E-state index in [-0.39, 0.29) is 0 Å². The molecule has 2 aliphatic rings. The Morgan fingerprint density at radius 2 is 1.80 bits per heavy atom. The summed E-state index contributed by atoms with van der Waals surface area (Å²) in [4.78, 5) is 12.2. The lowest BCUT2D eigenvalue weighted by Crippen LogP contribution is -2.37. The summed E-state index contributed by atoms with van der Waals surface area (Å²) in [6, 6.07) is 10.2. The maximum absolute atomic E-state index is 5.52. The molecule has 0 bridgehead atoms. The van der Waals surface area contributed by atoms with E-state index in [9.17, 15) is 0 Å². The summed E-state index contributed by atoms with van der Waals surface area (Å²) in [6.45, 7) is 5.27. The number of fused-ring (bicyclic) bond motifs is 1. The van der Waals surface area contributed by atoms with Gasteiger partial charge in [-0.3, -0.25) is 0 Å². The van der Waals surface area contributed by atoms with E-state index in [2.05, 4.69) is 17.0 Å². The first-order valence-corrected chi connectivity index (χ1v) is 8.96. The maximum atomic E-state index is 5.52. The van der Waals surface area contributed by atoms with E-state index >= 15 is 0 Å². The summed E-state index contributed by atoms with van der Waals surface area (Å²) in [5.41, 5.74) is 2.93. The predicted octanol–water partition coefficient (Wildman–Crippen LogP) is 2.84. The Hall–Kier alpha value is -2.47. The number of aryl methyl sites for hydroxylation is 1. The predicted molar refractivity (Wildman–Crippen MR) is 96.4 cm³/mol. The first-order valence-electron chi connectivity index (χ1n) is 8.96. The maximum Gasteiger partial charge on any atom is 0.169 e. The summed E-state index contributed by atoms with van der Waals surface area (Å²) in [5.74, 6) is 2.49. The molecule has 0 spiro atoms. The fourth-order valence-electron chi connectivity index (χ4n) is 3.46. The molecule has 0 amide bonds. The van der Waals surface area contributed by atoms with Crippen molar-refractivity contribution in [1.29, 1.82) is 0 Å². The Morgan fingerprint density at radius 1 is 1.04 bits per heavy atom. The molecule has 1 saturated heterocycles. The summed E-state index contributed by atoms with van der Waals surface area (Å²) >= 11 is 0. The smallest absolute Gasteiger partial charge is 0.169 e. The zero-order chi connectivity index (χ0) is 16.8. The second-order valence-corrected chi connectivity index (χ2v) is 6.81. The highest BCUT2D eigenvalue weighted by Crippen LogP contribution is 2.40. The number of anilines is 1. The topological polar surface area (TPSA) is 56.1 Å². The zero-order valence-corrected chi connectivity index (χ0v) is 14.4. The average molecular weight is 335 g/mol. The number of morpholine rings is 1. The van der Waals surface area contributed by atoms with Crippen LogP contribution in [0.5, 0.6) is 0 Å². The Morgan fingerprint density at radius 3 is 2.52 bits per heavy atom. The van der Waals surface area contributed by atoms with Gasteiger partial charge < -0.3 is 9.64 Å². The van der Waals surface area contributed by atoms with Gasteiger partial charge in [0, 0.05) is 19.0 Å². The van der Waals surface area contributed by atoms with Crippen LogP contribution >= 0.6 is 0 Å². The van der Waals surface area contributed by atoms with E-state index in [0.29, 0.717) is 5.92 Å². The van der Waals surface area contributed by atoms with Gasteiger partial charge in [-0.05, 0) is 31.9 Å². The van der Waals surface area contributed by atoms with E-state index in [1.807, 2.05) is 29.8 Å². The third kappa shape index (κ3) is 2.57. The molecule has 0 N–H and O–H groups in total. The molecule has 128 valence electrons. The fraction of sp³-hybridized carbons (Fsp3) is 0.421. The number of nitrogens with zero attached hydrogens (tertiary/aromatic N) is 5. The van der Waals surface area contributed by atoms with E-state index in [1.54, 1.807) is 0 Å². The minimum atomic E-state index is 0.503. The average Bonchev–Trinajstić information content (AvgIpc) is 3.47. The molecule has 0 unspecified atom stereocenters. The largest absolute Gasteiger partial charge is 0.378 e. The highest BCUT2D eigenvalue weighted by atomic mass is 16.5. The highest BCUT2D eigenvalue weighted by molar-refractivity contribution is 5.91. The van der Waals surface area contributed by atoms with Crippen LogP contribution in [0, 0.1) is 6.92 Å². The summed E-state index contributed by atoms with van der Waals surface area (Å²) < 4.78 is 7.48. The number of rotatable bonds is 3. The van der Waals surface area contributed by atoms with E-state index < -0.39 is 0 Å². The first-order chi connectivity index (χ1) is 12.3. The normalized spacial score (nSPS) is 18.0. The number of aromatic nitrogens is 4. The lowest BCUT2D eigenvalue weighted by atomic mass is 10.2. The van der Waals surface area contributed by atoms with E-state index in [4.69, 9.17) is 19.8 Å². The van der Waals surface area contributed by atoms with Gasteiger partial charge in [0.1, 0.15) is 11.6 Å². The van der Waals surface area contributed by atoms with Crippen LogP contribution in [0.3, 0.4) is 0 Å². The molecule has 1 aliphatic carbocycles. The quantitative estimate of drug-likeness (QED) is 0.737. The number of ether oxygens (including phenoxy) is 1. The molecule has 25 heavy (non-hydrogen) atoms. The summed E-state index contributed by atoms with van der Waals surface area (Å²) in [7, 11) is 0. The molecule has 1 aliphatic heterocycles. The van der Waals surface area contributed by atoms with Gasteiger partial charge in [0.2, 0.25) is 0 Å². The Balaban J connectivity index is 1.74. The number of hydrogen-bond donors (Lipinski definition) is 0. The van der Waals surface area contributed by atoms with E-state index in [0.717, 1.165) is 60.4 Å². The molecule has 1 saturated carbocycles. The van der Waals surface area contributed by atoms with Gasteiger partial charge in [-0.2, -0.15) is 5.10 Å². The Labute approximate surface area is 146 Å². The minimum Gasteiger partial charge on any atom is -0.378 e. The lowest BCUT2D eigenvalue weighted by molar-refractivity contribution is 0.122. The molecule has 3 aromatic rings. The van der Waals surface area contributed by atoms with Crippen molar-refractivity contribution in [2.75, 3.05) is 31.2 Å². The molecule has 3 heterocycles. The third-order valence-corrected chi connectivity index (χ3v) is 4.95. The number of hydrogen-bond acceptors (Lipinski definition) is 5. The molecule has 0 radical (unpaired) electrons. The van der Waals surface area contributed by atoms with Crippen molar-refractivity contribution in [2.24, 2.45) is 0 Å². The fourth-order valence-corrected chi connectivity index (χ4v) is 3.46. The summed E-state index contributed by atoms with van der Waals surface area (Å²) in [6.07, 6.45) is 2.37. The SMILES string of the molecule is Cc1nn(-c2ccccc2)c2nc(C3CC3)nc(N3CCOCC3)c12. The van der Waals surface area contributed by atoms with Crippen molar-refractivity contribution in [3.05, 3.63) is 41.9 Å². The summed E-state index contributed by atoms with van der Waals surface area (Å²) in [5, 5.41) is 5.86. The monoisotopic (exact) mass is 335 g/mol. The molecule has 2 fully saturated rings. The third-order valence-electron chi connectivity index (χ3n) is 4.95. The van der Waals surface area contributed by atoms with Crippen molar-refractivity contribution in [3.8, 4) is 5.69 Å². The number of para-hydroxylation sites is 1. The molecular weight excluding hydrogens is 314 g/mol. The highest BCUT2D eigenvalue weighted by Gasteiger charge is 2.30. The van der Waals surface area contributed by atoms with Crippen LogP contribution in [-0.2, 0) is 4.74 Å². The van der Waals surface area contributed by atoms with Gasteiger partial charge in [-0.25, -0.2) is 14.6 Å². The van der Waals surface area contributed by atoms with Crippen molar-refractivity contribution < 1.29 is 4.74 Å². The molecule has 5 rings (SSSR count). The van der Waals surface area contributed by atoms with Crippen LogP contribution in [0.4, 0.5) is 5.82 Å². The van der Waals surface area contributed by atoms with E-state index in [1.165, 1.54) is 12.8 Å². The molecule has 0 atom stereocenters. The van der Waals surface area contributed by atoms with Gasteiger partial charge >= 0.3 is 0 Å². The van der Waals surface area contributed by atoms with Crippen LogP contribution in [0.25, 0.3) is 16.7 Å². The van der Waals surface area contributed by atoms with Gasteiger partial charge in [0.25, 0.3) is 0 Å². The molecule has 1 aromatic carbocycles. The van der Waals surface area contributed by atoms with Gasteiger partial charge in [0.05, 0.1) is 30.0 Å². The molecule has 6 nitrogen and oxygen atoms in total. The van der Waals surface area contributed by atoms with Gasteiger partial charge in [-0.15, -0.1) is 0 Å². The lowest BCUT2D eigenvalue weighted by Gasteiger charge is -2.28. The standard InChI is InChI=1S/C19H21N5O/c1-13-16-18(23-9-11-25-12-10-23)20-17(14-7-8-14)21-19(16)24(22-13)15-5-3-2-4-6-15/h2-6,14H,7-12H2,1H3. The Bertz CT molecular complexity index is 910. The van der Waals surface area contributed by atoms with Gasteiger partial charge in [-0.1, -0.05) is 18.2 Å². The van der Waals surface area contributed by atoms with Crippen LogP contribution in [-0.4, -0.2) is 46.1 Å².